The van der Waals surface area contributed by atoms with E-state index in [0.717, 1.165) is 0 Å². The summed E-state index contributed by atoms with van der Waals surface area (Å²) in [4.78, 5) is 0. The summed E-state index contributed by atoms with van der Waals surface area (Å²) < 4.78 is 135. The van der Waals surface area contributed by atoms with Crippen molar-refractivity contribution >= 4 is 0 Å². The van der Waals surface area contributed by atoms with E-state index >= 15 is 0 Å². The Morgan fingerprint density at radius 2 is 0.560 bits per heavy atom. The molecule has 2 aromatic rings. The lowest BCUT2D eigenvalue weighted by atomic mass is 10.1. The SMILES string of the molecule is Fc1c(F)c(F)c(COCc2c(F)c(F)c(F)c(F)c2F)c(F)c1F. The summed E-state index contributed by atoms with van der Waals surface area (Å²) in [5, 5.41) is 0. The third-order valence-corrected chi connectivity index (χ3v) is 3.09. The maximum absolute atomic E-state index is 13.3. The molecular weight excluding hydrogens is 374 g/mol. The summed E-state index contributed by atoms with van der Waals surface area (Å²) in [6.07, 6.45) is 0. The van der Waals surface area contributed by atoms with E-state index in [9.17, 15) is 43.9 Å². The Morgan fingerprint density at radius 3 is 0.800 bits per heavy atom. The van der Waals surface area contributed by atoms with Crippen molar-refractivity contribution in [2.75, 3.05) is 0 Å². The van der Waals surface area contributed by atoms with Gasteiger partial charge in [0.05, 0.1) is 24.3 Å². The van der Waals surface area contributed by atoms with Crippen LogP contribution in [0.5, 0.6) is 0 Å². The first-order valence-electron chi connectivity index (χ1n) is 6.17. The number of halogens is 10. The van der Waals surface area contributed by atoms with E-state index in [4.69, 9.17) is 0 Å². The largest absolute Gasteiger partial charge is 0.372 e. The number of hydrogen-bond donors (Lipinski definition) is 0. The zero-order chi connectivity index (χ0) is 19.0. The fraction of sp³-hybridized carbons (Fsp3) is 0.143. The molecule has 1 nitrogen and oxygen atoms in total. The minimum absolute atomic E-state index is 1.38. The van der Waals surface area contributed by atoms with E-state index < -0.39 is 82.5 Å². The van der Waals surface area contributed by atoms with Crippen molar-refractivity contribution in [1.82, 2.24) is 0 Å². The first-order chi connectivity index (χ1) is 11.6. The first-order valence-corrected chi connectivity index (χ1v) is 6.17. The van der Waals surface area contributed by atoms with Gasteiger partial charge in [-0.25, -0.2) is 43.9 Å². The third kappa shape index (κ3) is 3.15. The zero-order valence-electron chi connectivity index (χ0n) is 11.6. The summed E-state index contributed by atoms with van der Waals surface area (Å²) in [6.45, 7) is -2.77. The van der Waals surface area contributed by atoms with Gasteiger partial charge >= 0.3 is 0 Å². The average molecular weight is 378 g/mol. The lowest BCUT2D eigenvalue weighted by Crippen LogP contribution is -2.11. The van der Waals surface area contributed by atoms with E-state index in [0.29, 0.717) is 0 Å². The normalized spacial score (nSPS) is 11.3. The maximum Gasteiger partial charge on any atom is 0.200 e. The van der Waals surface area contributed by atoms with Crippen molar-refractivity contribution < 1.29 is 48.6 Å². The third-order valence-electron chi connectivity index (χ3n) is 3.09. The summed E-state index contributed by atoms with van der Waals surface area (Å²) in [5.41, 5.74) is -2.94. The van der Waals surface area contributed by atoms with Crippen LogP contribution in [0, 0.1) is 58.2 Å². The van der Waals surface area contributed by atoms with Gasteiger partial charge in [-0.1, -0.05) is 0 Å². The molecular formula is C14H4F10O. The van der Waals surface area contributed by atoms with Crippen LogP contribution in [0.3, 0.4) is 0 Å². The van der Waals surface area contributed by atoms with Gasteiger partial charge < -0.3 is 4.74 Å². The van der Waals surface area contributed by atoms with E-state index in [-0.39, 0.29) is 0 Å². The smallest absolute Gasteiger partial charge is 0.200 e. The van der Waals surface area contributed by atoms with Crippen LogP contribution in [0.2, 0.25) is 0 Å². The number of hydrogen-bond acceptors (Lipinski definition) is 1. The lowest BCUT2D eigenvalue weighted by Gasteiger charge is -2.11. The van der Waals surface area contributed by atoms with E-state index in [1.165, 1.54) is 0 Å². The molecule has 0 heterocycles. The van der Waals surface area contributed by atoms with Crippen LogP contribution in [0.4, 0.5) is 43.9 Å². The van der Waals surface area contributed by atoms with Gasteiger partial charge in [-0.2, -0.15) is 0 Å². The highest BCUT2D eigenvalue weighted by Gasteiger charge is 2.28. The number of benzene rings is 2. The van der Waals surface area contributed by atoms with Crippen molar-refractivity contribution in [3.63, 3.8) is 0 Å². The molecule has 0 atom stereocenters. The zero-order valence-corrected chi connectivity index (χ0v) is 11.6. The van der Waals surface area contributed by atoms with Crippen LogP contribution in [0.25, 0.3) is 0 Å². The Bertz CT molecular complexity index is 721. The highest BCUT2D eigenvalue weighted by Crippen LogP contribution is 2.26. The molecule has 0 bridgehead atoms. The Morgan fingerprint density at radius 1 is 0.360 bits per heavy atom. The Hall–Kier alpha value is -2.30. The number of ether oxygens (including phenoxy) is 1. The second-order valence-corrected chi connectivity index (χ2v) is 4.59. The molecule has 0 unspecified atom stereocenters. The van der Waals surface area contributed by atoms with Gasteiger partial charge in [0.25, 0.3) is 0 Å². The molecule has 0 amide bonds. The predicted molar refractivity (Wildman–Crippen MR) is 61.0 cm³/mol. The van der Waals surface area contributed by atoms with Gasteiger partial charge in [-0.3, -0.25) is 0 Å². The monoisotopic (exact) mass is 378 g/mol. The van der Waals surface area contributed by atoms with E-state index in [1.807, 2.05) is 0 Å². The second kappa shape index (κ2) is 6.90. The topological polar surface area (TPSA) is 9.23 Å². The van der Waals surface area contributed by atoms with E-state index in [1.54, 1.807) is 0 Å². The summed E-state index contributed by atoms with van der Waals surface area (Å²) in [6, 6.07) is 0. The van der Waals surface area contributed by atoms with Gasteiger partial charge in [0.2, 0.25) is 11.6 Å². The van der Waals surface area contributed by atoms with Crippen LogP contribution in [-0.2, 0) is 18.0 Å². The van der Waals surface area contributed by atoms with E-state index in [2.05, 4.69) is 4.74 Å². The van der Waals surface area contributed by atoms with Crippen LogP contribution < -0.4 is 0 Å². The molecule has 0 N–H and O–H groups in total. The van der Waals surface area contributed by atoms with Crippen molar-refractivity contribution in [3.05, 3.63) is 69.3 Å². The molecule has 2 aromatic carbocycles. The summed E-state index contributed by atoms with van der Waals surface area (Å²) in [7, 11) is 0. The first kappa shape index (κ1) is 19.0. The molecule has 0 aliphatic heterocycles. The molecule has 25 heavy (non-hydrogen) atoms. The molecule has 0 radical (unpaired) electrons. The minimum Gasteiger partial charge on any atom is -0.372 e. The standard InChI is InChI=1S/C14H4F10O/c15-5-3(6(16)10(20)13(23)9(5)19)1-25-2-4-7(17)11(21)14(24)12(22)8(4)18/h1-2H2. The van der Waals surface area contributed by atoms with Crippen LogP contribution in [0.15, 0.2) is 0 Å². The van der Waals surface area contributed by atoms with Crippen molar-refractivity contribution in [2.45, 2.75) is 13.2 Å². The van der Waals surface area contributed by atoms with Gasteiger partial charge in [0, 0.05) is 0 Å². The summed E-state index contributed by atoms with van der Waals surface area (Å²) >= 11 is 0. The highest BCUT2D eigenvalue weighted by atomic mass is 19.2. The van der Waals surface area contributed by atoms with Gasteiger partial charge in [0.1, 0.15) is 0 Å². The molecule has 0 saturated heterocycles. The fourth-order valence-corrected chi connectivity index (χ4v) is 1.81. The Kier molecular flexibility index (Phi) is 5.26. The lowest BCUT2D eigenvalue weighted by molar-refractivity contribution is 0.0944. The highest BCUT2D eigenvalue weighted by molar-refractivity contribution is 5.25. The Balaban J connectivity index is 2.29. The van der Waals surface area contributed by atoms with Gasteiger partial charge in [-0.15, -0.1) is 0 Å². The molecule has 11 heteroatoms. The number of rotatable bonds is 4. The van der Waals surface area contributed by atoms with Crippen molar-refractivity contribution in [1.29, 1.82) is 0 Å². The fourth-order valence-electron chi connectivity index (χ4n) is 1.81. The molecule has 2 rings (SSSR count). The molecule has 0 fully saturated rings. The molecule has 136 valence electrons. The predicted octanol–water partition coefficient (Wildman–Crippen LogP) is 4.79. The molecule has 0 aliphatic carbocycles. The molecule has 0 saturated carbocycles. The molecule has 0 aromatic heterocycles. The van der Waals surface area contributed by atoms with Crippen LogP contribution in [0.1, 0.15) is 11.1 Å². The van der Waals surface area contributed by atoms with Crippen LogP contribution >= 0.6 is 0 Å². The van der Waals surface area contributed by atoms with Crippen LogP contribution in [-0.4, -0.2) is 0 Å². The summed E-state index contributed by atoms with van der Waals surface area (Å²) in [5.74, 6) is -23.0. The van der Waals surface area contributed by atoms with Gasteiger partial charge in [-0.05, 0) is 0 Å². The molecule has 0 aliphatic rings. The molecule has 0 spiro atoms. The van der Waals surface area contributed by atoms with Crippen molar-refractivity contribution in [3.8, 4) is 0 Å². The van der Waals surface area contributed by atoms with Gasteiger partial charge in [0.15, 0.2) is 46.5 Å². The quantitative estimate of drug-likeness (QED) is 0.422. The van der Waals surface area contributed by atoms with Crippen molar-refractivity contribution in [2.24, 2.45) is 0 Å². The second-order valence-electron chi connectivity index (χ2n) is 4.59. The Labute approximate surface area is 132 Å². The maximum atomic E-state index is 13.3. The average Bonchev–Trinajstić information content (AvgIpc) is 2.60. The minimum atomic E-state index is -2.43.